The monoisotopic (exact) mass is 231 g/mol. The lowest BCUT2D eigenvalue weighted by molar-refractivity contribution is 0.105. The highest BCUT2D eigenvalue weighted by atomic mass is 35.5. The number of hydrogen-bond acceptors (Lipinski definition) is 4. The topological polar surface area (TPSA) is 72.7 Å². The number of phenolic OH excluding ortho intramolecular Hbond substituents is 1. The molecular weight excluding hydrogens is 218 g/mol. The Morgan fingerprint density at radius 2 is 2.13 bits per heavy atom. The third-order valence-corrected chi connectivity index (χ3v) is 2.44. The largest absolute Gasteiger partial charge is 0.506 e. The average Bonchev–Trinajstić information content (AvgIpc) is 2.24. The molecule has 1 aromatic rings. The van der Waals surface area contributed by atoms with Crippen LogP contribution in [0.4, 0.5) is 5.69 Å². The Labute approximate surface area is 93.1 Å². The summed E-state index contributed by atoms with van der Waals surface area (Å²) in [7, 11) is 0. The highest BCUT2D eigenvalue weighted by Crippen LogP contribution is 2.33. The lowest BCUT2D eigenvalue weighted by Gasteiger charge is -2.13. The van der Waals surface area contributed by atoms with Crippen LogP contribution in [0.25, 0.3) is 0 Å². The molecule has 0 radical (unpaired) electrons. The Bertz CT molecular complexity index is 344. The third-order valence-electron chi connectivity index (χ3n) is 2.06. The van der Waals surface area contributed by atoms with Crippen molar-refractivity contribution in [1.29, 1.82) is 0 Å². The second kappa shape index (κ2) is 5.21. The predicted molar refractivity (Wildman–Crippen MR) is 59.4 cm³/mol. The Hall–Kier alpha value is -0.970. The van der Waals surface area contributed by atoms with Gasteiger partial charge in [-0.2, -0.15) is 0 Å². The van der Waals surface area contributed by atoms with E-state index in [9.17, 15) is 5.11 Å². The summed E-state index contributed by atoms with van der Waals surface area (Å²) in [6.07, 6.45) is -0.843. The van der Waals surface area contributed by atoms with Gasteiger partial charge in [0.25, 0.3) is 0 Å². The lowest BCUT2D eigenvalue weighted by atomic mass is 10.2. The smallest absolute Gasteiger partial charge is 0.139 e. The summed E-state index contributed by atoms with van der Waals surface area (Å²) < 4.78 is 0. The summed E-state index contributed by atoms with van der Waals surface area (Å²) in [5.41, 5.74) is 1.22. The third kappa shape index (κ3) is 2.99. The zero-order chi connectivity index (χ0) is 11.4. The summed E-state index contributed by atoms with van der Waals surface area (Å²) in [4.78, 5) is 0. The molecule has 4 nitrogen and oxygen atoms in total. The highest BCUT2D eigenvalue weighted by molar-refractivity contribution is 6.34. The van der Waals surface area contributed by atoms with Gasteiger partial charge in [-0.1, -0.05) is 17.7 Å². The highest BCUT2D eigenvalue weighted by Gasteiger charge is 2.09. The van der Waals surface area contributed by atoms with Crippen LogP contribution in [0.5, 0.6) is 5.75 Å². The van der Waals surface area contributed by atoms with Crippen molar-refractivity contribution in [1.82, 2.24) is 0 Å². The molecule has 1 aromatic carbocycles. The van der Waals surface area contributed by atoms with Crippen molar-refractivity contribution < 1.29 is 15.3 Å². The van der Waals surface area contributed by atoms with E-state index in [4.69, 9.17) is 21.8 Å². The number of aryl methyl sites for hydroxylation is 1. The van der Waals surface area contributed by atoms with Gasteiger partial charge in [0.05, 0.1) is 18.4 Å². The van der Waals surface area contributed by atoms with Gasteiger partial charge in [-0.15, -0.1) is 0 Å². The van der Waals surface area contributed by atoms with Crippen molar-refractivity contribution in [3.05, 3.63) is 22.7 Å². The minimum atomic E-state index is -0.843. The second-order valence-electron chi connectivity index (χ2n) is 3.31. The molecule has 0 aliphatic carbocycles. The molecule has 1 unspecified atom stereocenters. The molecule has 0 aromatic heterocycles. The van der Waals surface area contributed by atoms with E-state index in [0.717, 1.165) is 0 Å². The van der Waals surface area contributed by atoms with Gasteiger partial charge in [0.15, 0.2) is 0 Å². The number of aliphatic hydroxyl groups is 2. The minimum Gasteiger partial charge on any atom is -0.506 e. The van der Waals surface area contributed by atoms with Gasteiger partial charge < -0.3 is 20.6 Å². The van der Waals surface area contributed by atoms with Crippen molar-refractivity contribution in [3.63, 3.8) is 0 Å². The van der Waals surface area contributed by atoms with E-state index in [0.29, 0.717) is 11.3 Å². The second-order valence-corrected chi connectivity index (χ2v) is 3.69. The number of halogens is 1. The van der Waals surface area contributed by atoms with Crippen molar-refractivity contribution >= 4 is 17.3 Å². The molecule has 4 N–H and O–H groups in total. The van der Waals surface area contributed by atoms with E-state index in [1.54, 1.807) is 19.1 Å². The number of nitrogens with one attached hydrogen (secondary N) is 1. The molecule has 0 amide bonds. The first-order valence-electron chi connectivity index (χ1n) is 4.57. The number of anilines is 1. The molecule has 15 heavy (non-hydrogen) atoms. The van der Waals surface area contributed by atoms with E-state index >= 15 is 0 Å². The van der Waals surface area contributed by atoms with Gasteiger partial charge >= 0.3 is 0 Å². The Balaban J connectivity index is 2.74. The van der Waals surface area contributed by atoms with E-state index < -0.39 is 6.10 Å². The van der Waals surface area contributed by atoms with E-state index in [1.807, 2.05) is 0 Å². The molecule has 0 spiro atoms. The van der Waals surface area contributed by atoms with Gasteiger partial charge in [0.1, 0.15) is 10.8 Å². The summed E-state index contributed by atoms with van der Waals surface area (Å²) in [5.74, 6) is 0.0279. The minimum absolute atomic E-state index is 0.0279. The first-order chi connectivity index (χ1) is 7.06. The van der Waals surface area contributed by atoms with Gasteiger partial charge in [-0.3, -0.25) is 0 Å². The normalized spacial score (nSPS) is 12.5. The van der Waals surface area contributed by atoms with Crippen LogP contribution in [0.2, 0.25) is 5.02 Å². The Morgan fingerprint density at radius 3 is 2.73 bits per heavy atom. The van der Waals surface area contributed by atoms with Crippen LogP contribution < -0.4 is 5.32 Å². The maximum atomic E-state index is 9.53. The fourth-order valence-electron chi connectivity index (χ4n) is 1.09. The molecule has 5 heteroatoms. The quantitative estimate of drug-likeness (QED) is 0.627. The maximum absolute atomic E-state index is 9.53. The average molecular weight is 232 g/mol. The molecule has 0 bridgehead atoms. The fraction of sp³-hybridized carbons (Fsp3) is 0.400. The van der Waals surface area contributed by atoms with Gasteiger partial charge in [0, 0.05) is 6.54 Å². The van der Waals surface area contributed by atoms with Crippen molar-refractivity contribution in [2.75, 3.05) is 18.5 Å². The molecule has 1 rings (SSSR count). The van der Waals surface area contributed by atoms with E-state index in [2.05, 4.69) is 5.32 Å². The first kappa shape index (κ1) is 12.1. The number of aromatic hydroxyl groups is 1. The number of hydrogen-bond donors (Lipinski definition) is 4. The van der Waals surface area contributed by atoms with Crippen LogP contribution in [-0.2, 0) is 0 Å². The van der Waals surface area contributed by atoms with Crippen molar-refractivity contribution in [2.45, 2.75) is 13.0 Å². The lowest BCUT2D eigenvalue weighted by Crippen LogP contribution is -2.23. The number of aliphatic hydroxyl groups excluding tert-OH is 2. The summed E-state index contributed by atoms with van der Waals surface area (Å²) >= 11 is 5.87. The van der Waals surface area contributed by atoms with E-state index in [1.165, 1.54) is 0 Å². The summed E-state index contributed by atoms with van der Waals surface area (Å²) in [6, 6.07) is 3.43. The van der Waals surface area contributed by atoms with Crippen LogP contribution in [0.3, 0.4) is 0 Å². The number of phenols is 1. The molecular formula is C10H14ClNO3. The molecule has 0 aliphatic heterocycles. The maximum Gasteiger partial charge on any atom is 0.139 e. The molecule has 84 valence electrons. The van der Waals surface area contributed by atoms with Crippen molar-refractivity contribution in [2.24, 2.45) is 0 Å². The zero-order valence-electron chi connectivity index (χ0n) is 8.37. The summed E-state index contributed by atoms with van der Waals surface area (Å²) in [6.45, 7) is 1.61. The Morgan fingerprint density at radius 1 is 1.47 bits per heavy atom. The fourth-order valence-corrected chi connectivity index (χ4v) is 1.37. The zero-order valence-corrected chi connectivity index (χ0v) is 9.12. The van der Waals surface area contributed by atoms with Crippen molar-refractivity contribution in [3.8, 4) is 5.75 Å². The van der Waals surface area contributed by atoms with Gasteiger partial charge in [0.2, 0.25) is 0 Å². The molecule has 0 fully saturated rings. The van der Waals surface area contributed by atoms with Crippen LogP contribution >= 0.6 is 11.6 Å². The molecule has 0 saturated heterocycles. The number of benzene rings is 1. The van der Waals surface area contributed by atoms with Gasteiger partial charge in [-0.05, 0) is 18.6 Å². The van der Waals surface area contributed by atoms with Crippen LogP contribution in [0.1, 0.15) is 5.56 Å². The predicted octanol–water partition coefficient (Wildman–Crippen LogP) is 1.12. The molecule has 0 saturated carbocycles. The Kier molecular flexibility index (Phi) is 4.20. The van der Waals surface area contributed by atoms with Crippen LogP contribution in [0.15, 0.2) is 12.1 Å². The van der Waals surface area contributed by atoms with Crippen LogP contribution in [-0.4, -0.2) is 34.6 Å². The number of rotatable bonds is 4. The summed E-state index contributed by atoms with van der Waals surface area (Å²) in [5, 5.41) is 30.3. The molecule has 0 aliphatic rings. The van der Waals surface area contributed by atoms with E-state index in [-0.39, 0.29) is 23.9 Å². The standard InChI is InChI=1S/C10H14ClNO3/c1-6-2-3-8(9(11)10(6)15)12-4-7(14)5-13/h2-3,7,12-15H,4-5H2,1H3. The SMILES string of the molecule is Cc1ccc(NCC(O)CO)c(Cl)c1O. The molecule has 0 heterocycles. The van der Waals surface area contributed by atoms with Crippen LogP contribution in [0, 0.1) is 6.92 Å². The molecule has 1 atom stereocenters. The first-order valence-corrected chi connectivity index (χ1v) is 4.95. The van der Waals surface area contributed by atoms with Gasteiger partial charge in [-0.25, -0.2) is 0 Å².